The number of furan rings is 1. The van der Waals surface area contributed by atoms with Gasteiger partial charge in [0.15, 0.2) is 0 Å². The number of nitrogens with one attached hydrogen (secondary N) is 2. The average Bonchev–Trinajstić information content (AvgIpc) is 2.95. The molecule has 0 aliphatic rings. The summed E-state index contributed by atoms with van der Waals surface area (Å²) in [6.45, 7) is 3.38. The summed E-state index contributed by atoms with van der Waals surface area (Å²) in [5.41, 5.74) is 0.705. The van der Waals surface area contributed by atoms with Gasteiger partial charge in [-0.05, 0) is 43.7 Å². The highest BCUT2D eigenvalue weighted by Crippen LogP contribution is 2.13. The third kappa shape index (κ3) is 4.18. The second kappa shape index (κ2) is 6.89. The van der Waals surface area contributed by atoms with Crippen LogP contribution in [0.25, 0.3) is 0 Å². The first-order valence-corrected chi connectivity index (χ1v) is 6.86. The summed E-state index contributed by atoms with van der Waals surface area (Å²) in [4.78, 5) is 23.6. The van der Waals surface area contributed by atoms with Crippen molar-refractivity contribution < 1.29 is 18.4 Å². The minimum absolute atomic E-state index is 0.238. The molecule has 6 heteroatoms. The Morgan fingerprint density at radius 2 is 2.05 bits per heavy atom. The van der Waals surface area contributed by atoms with Crippen molar-refractivity contribution in [3.05, 3.63) is 53.7 Å². The molecular weight excluding hydrogens is 287 g/mol. The number of carbonyl (C=O) groups excluding carboxylic acids is 2. The van der Waals surface area contributed by atoms with Crippen LogP contribution in [-0.2, 0) is 16.0 Å². The van der Waals surface area contributed by atoms with E-state index in [4.69, 9.17) is 4.42 Å². The first kappa shape index (κ1) is 15.8. The van der Waals surface area contributed by atoms with E-state index in [-0.39, 0.29) is 11.7 Å². The zero-order valence-corrected chi connectivity index (χ0v) is 12.4. The van der Waals surface area contributed by atoms with Crippen LogP contribution in [0.2, 0.25) is 0 Å². The normalized spacial score (nSPS) is 11.8. The van der Waals surface area contributed by atoms with Gasteiger partial charge in [0.1, 0.15) is 11.6 Å². The highest BCUT2D eigenvalue weighted by Gasteiger charge is 2.17. The number of carbonyl (C=O) groups is 2. The fraction of sp³-hybridized carbons (Fsp3) is 0.250. The molecule has 1 aromatic carbocycles. The monoisotopic (exact) mass is 304 g/mol. The predicted molar refractivity (Wildman–Crippen MR) is 79.8 cm³/mol. The van der Waals surface area contributed by atoms with Crippen molar-refractivity contribution in [3.8, 4) is 0 Å². The predicted octanol–water partition coefficient (Wildman–Crippen LogP) is 2.41. The molecule has 0 bridgehead atoms. The Hall–Kier alpha value is -2.63. The summed E-state index contributed by atoms with van der Waals surface area (Å²) in [5.74, 6) is -1.34. The molecule has 116 valence electrons. The van der Waals surface area contributed by atoms with Crippen LogP contribution < -0.4 is 10.6 Å². The second-order valence-corrected chi connectivity index (χ2v) is 5.08. The van der Waals surface area contributed by atoms with Crippen molar-refractivity contribution in [3.63, 3.8) is 0 Å². The van der Waals surface area contributed by atoms with E-state index >= 15 is 0 Å². The van der Waals surface area contributed by atoms with E-state index in [1.165, 1.54) is 18.2 Å². The number of halogens is 1. The topological polar surface area (TPSA) is 71.3 Å². The molecule has 1 heterocycles. The Balaban J connectivity index is 1.88. The molecule has 2 rings (SSSR count). The van der Waals surface area contributed by atoms with Crippen molar-refractivity contribution in [2.45, 2.75) is 26.3 Å². The number of hydrogen-bond acceptors (Lipinski definition) is 3. The third-order valence-corrected chi connectivity index (χ3v) is 3.10. The Morgan fingerprint density at radius 3 is 2.68 bits per heavy atom. The van der Waals surface area contributed by atoms with Gasteiger partial charge in [0.25, 0.3) is 0 Å². The smallest absolute Gasteiger partial charge is 0.313 e. The molecule has 0 saturated carbocycles. The molecule has 2 aromatic rings. The van der Waals surface area contributed by atoms with Crippen LogP contribution in [0.3, 0.4) is 0 Å². The third-order valence-electron chi connectivity index (χ3n) is 3.10. The largest absolute Gasteiger partial charge is 0.469 e. The fourth-order valence-corrected chi connectivity index (χ4v) is 1.93. The van der Waals surface area contributed by atoms with E-state index in [1.54, 1.807) is 32.2 Å². The maximum absolute atomic E-state index is 13.4. The van der Waals surface area contributed by atoms with Crippen molar-refractivity contribution in [2.24, 2.45) is 0 Å². The Kier molecular flexibility index (Phi) is 4.93. The zero-order chi connectivity index (χ0) is 16.1. The highest BCUT2D eigenvalue weighted by atomic mass is 19.1. The van der Waals surface area contributed by atoms with E-state index in [9.17, 15) is 14.0 Å². The molecule has 2 N–H and O–H groups in total. The van der Waals surface area contributed by atoms with Gasteiger partial charge in [-0.3, -0.25) is 9.59 Å². The average molecular weight is 304 g/mol. The summed E-state index contributed by atoms with van der Waals surface area (Å²) >= 11 is 0. The minimum atomic E-state index is -0.838. The van der Waals surface area contributed by atoms with E-state index in [0.29, 0.717) is 17.7 Å². The maximum atomic E-state index is 13.4. The number of rotatable bonds is 4. The molecule has 2 amide bonds. The van der Waals surface area contributed by atoms with Crippen molar-refractivity contribution in [1.29, 1.82) is 0 Å². The van der Waals surface area contributed by atoms with Crippen molar-refractivity contribution in [2.75, 3.05) is 5.32 Å². The lowest BCUT2D eigenvalue weighted by Gasteiger charge is -2.12. The highest BCUT2D eigenvalue weighted by molar-refractivity contribution is 6.39. The van der Waals surface area contributed by atoms with Gasteiger partial charge in [-0.15, -0.1) is 0 Å². The molecule has 0 unspecified atom stereocenters. The van der Waals surface area contributed by atoms with E-state index < -0.39 is 17.6 Å². The summed E-state index contributed by atoms with van der Waals surface area (Å²) < 4.78 is 18.6. The number of benzene rings is 1. The summed E-state index contributed by atoms with van der Waals surface area (Å²) in [6, 6.07) is 7.52. The maximum Gasteiger partial charge on any atom is 0.313 e. The Morgan fingerprint density at radius 1 is 1.27 bits per heavy atom. The molecule has 5 nitrogen and oxygen atoms in total. The summed E-state index contributed by atoms with van der Waals surface area (Å²) in [5, 5.41) is 4.92. The van der Waals surface area contributed by atoms with Gasteiger partial charge in [-0.2, -0.15) is 0 Å². The van der Waals surface area contributed by atoms with Crippen LogP contribution in [0.5, 0.6) is 0 Å². The number of hydrogen-bond donors (Lipinski definition) is 2. The molecule has 0 saturated heterocycles. The van der Waals surface area contributed by atoms with E-state index in [1.807, 2.05) is 0 Å². The number of anilines is 1. The van der Waals surface area contributed by atoms with Crippen LogP contribution >= 0.6 is 0 Å². The van der Waals surface area contributed by atoms with E-state index in [0.717, 1.165) is 0 Å². The molecule has 0 spiro atoms. The molecule has 22 heavy (non-hydrogen) atoms. The molecule has 1 atom stereocenters. The van der Waals surface area contributed by atoms with Crippen molar-refractivity contribution in [1.82, 2.24) is 5.32 Å². The first-order valence-electron chi connectivity index (χ1n) is 6.86. The van der Waals surface area contributed by atoms with Crippen LogP contribution in [0, 0.1) is 12.7 Å². The van der Waals surface area contributed by atoms with Gasteiger partial charge in [0.2, 0.25) is 0 Å². The lowest BCUT2D eigenvalue weighted by atomic mass is 10.2. The molecular formula is C16H17FN2O3. The van der Waals surface area contributed by atoms with Crippen LogP contribution in [0.1, 0.15) is 18.2 Å². The van der Waals surface area contributed by atoms with Gasteiger partial charge in [-0.1, -0.05) is 6.07 Å². The molecule has 0 radical (unpaired) electrons. The van der Waals surface area contributed by atoms with Gasteiger partial charge in [-0.25, -0.2) is 4.39 Å². The van der Waals surface area contributed by atoms with Gasteiger partial charge < -0.3 is 15.1 Å². The lowest BCUT2D eigenvalue weighted by Crippen LogP contribution is -2.41. The summed E-state index contributed by atoms with van der Waals surface area (Å²) in [7, 11) is 0. The van der Waals surface area contributed by atoms with Crippen LogP contribution in [-0.4, -0.2) is 17.9 Å². The number of amides is 2. The zero-order valence-electron chi connectivity index (χ0n) is 12.4. The molecule has 0 fully saturated rings. The van der Waals surface area contributed by atoms with Gasteiger partial charge in [0.05, 0.1) is 6.26 Å². The first-order chi connectivity index (χ1) is 10.5. The standard InChI is InChI=1S/C16H17FN2O3/c1-10-5-6-12(9-14(10)17)19-16(21)15(20)18-11(2)8-13-4-3-7-22-13/h3-7,9,11H,8H2,1-2H3,(H,18,20)(H,19,21)/t11-/m1/s1. The molecule has 0 aliphatic carbocycles. The Bertz CT molecular complexity index is 668. The minimum Gasteiger partial charge on any atom is -0.469 e. The lowest BCUT2D eigenvalue weighted by molar-refractivity contribution is -0.136. The van der Waals surface area contributed by atoms with Crippen molar-refractivity contribution >= 4 is 17.5 Å². The Labute approximate surface area is 127 Å². The van der Waals surface area contributed by atoms with Crippen LogP contribution in [0.15, 0.2) is 41.0 Å². The van der Waals surface area contributed by atoms with E-state index in [2.05, 4.69) is 10.6 Å². The second-order valence-electron chi connectivity index (χ2n) is 5.08. The summed E-state index contributed by atoms with van der Waals surface area (Å²) in [6.07, 6.45) is 2.02. The fourth-order valence-electron chi connectivity index (χ4n) is 1.93. The quantitative estimate of drug-likeness (QED) is 0.852. The van der Waals surface area contributed by atoms with Crippen LogP contribution in [0.4, 0.5) is 10.1 Å². The van der Waals surface area contributed by atoms with Gasteiger partial charge >= 0.3 is 11.8 Å². The SMILES string of the molecule is Cc1ccc(NC(=O)C(=O)N[C@H](C)Cc2ccco2)cc1F. The molecule has 0 aliphatic heterocycles. The van der Waals surface area contributed by atoms with Gasteiger partial charge in [0, 0.05) is 18.2 Å². The number of aryl methyl sites for hydroxylation is 1. The molecule has 1 aromatic heterocycles.